The van der Waals surface area contributed by atoms with Crippen LogP contribution in [0.15, 0.2) is 30.3 Å². The Morgan fingerprint density at radius 2 is 1.89 bits per heavy atom. The van der Waals surface area contributed by atoms with Gasteiger partial charge in [-0.1, -0.05) is 6.07 Å². The standard InChI is InChI=1S/C14H14FN3/c1-10-3-4-11(2)18(10)17-9-12-5-6-14(15)13(7-12)8-16/h3-7,17H,9H2,1-2H3. The lowest BCUT2D eigenvalue weighted by Gasteiger charge is -2.12. The van der Waals surface area contributed by atoms with Gasteiger partial charge in [0, 0.05) is 11.4 Å². The van der Waals surface area contributed by atoms with Crippen molar-refractivity contribution in [2.75, 3.05) is 5.43 Å². The minimum Gasteiger partial charge on any atom is -0.322 e. The number of nitriles is 1. The molecule has 2 aromatic rings. The summed E-state index contributed by atoms with van der Waals surface area (Å²) in [6.07, 6.45) is 0. The predicted molar refractivity (Wildman–Crippen MR) is 68.1 cm³/mol. The number of nitrogens with one attached hydrogen (secondary N) is 1. The fourth-order valence-corrected chi connectivity index (χ4v) is 1.86. The third kappa shape index (κ3) is 2.35. The quantitative estimate of drug-likeness (QED) is 0.900. The third-order valence-corrected chi connectivity index (χ3v) is 2.86. The van der Waals surface area contributed by atoms with Crippen molar-refractivity contribution in [1.82, 2.24) is 4.68 Å². The zero-order valence-electron chi connectivity index (χ0n) is 10.4. The summed E-state index contributed by atoms with van der Waals surface area (Å²) in [5.41, 5.74) is 6.40. The van der Waals surface area contributed by atoms with E-state index in [1.165, 1.54) is 6.07 Å². The molecular formula is C14H14FN3. The molecule has 4 heteroatoms. The molecule has 0 saturated heterocycles. The Kier molecular flexibility index (Phi) is 3.33. The van der Waals surface area contributed by atoms with Gasteiger partial charge in [-0.3, -0.25) is 4.68 Å². The number of halogens is 1. The average molecular weight is 243 g/mol. The maximum Gasteiger partial charge on any atom is 0.140 e. The molecule has 0 aliphatic rings. The molecule has 1 aromatic heterocycles. The molecule has 0 aliphatic carbocycles. The second kappa shape index (κ2) is 4.92. The highest BCUT2D eigenvalue weighted by Gasteiger charge is 2.04. The van der Waals surface area contributed by atoms with Gasteiger partial charge in [-0.15, -0.1) is 0 Å². The van der Waals surface area contributed by atoms with E-state index in [9.17, 15) is 4.39 Å². The first kappa shape index (κ1) is 12.2. The highest BCUT2D eigenvalue weighted by molar-refractivity contribution is 5.34. The third-order valence-electron chi connectivity index (χ3n) is 2.86. The molecule has 3 nitrogen and oxygen atoms in total. The van der Waals surface area contributed by atoms with E-state index in [1.807, 2.05) is 36.7 Å². The van der Waals surface area contributed by atoms with Crippen LogP contribution in [0.5, 0.6) is 0 Å². The van der Waals surface area contributed by atoms with Gasteiger partial charge in [0.05, 0.1) is 12.1 Å². The van der Waals surface area contributed by atoms with E-state index >= 15 is 0 Å². The maximum absolute atomic E-state index is 13.2. The number of hydrogen-bond acceptors (Lipinski definition) is 2. The number of benzene rings is 1. The fraction of sp³-hybridized carbons (Fsp3) is 0.214. The molecule has 0 atom stereocenters. The summed E-state index contributed by atoms with van der Waals surface area (Å²) >= 11 is 0. The van der Waals surface area contributed by atoms with Crippen molar-refractivity contribution in [2.45, 2.75) is 20.4 Å². The summed E-state index contributed by atoms with van der Waals surface area (Å²) in [6, 6.07) is 10.5. The van der Waals surface area contributed by atoms with Gasteiger partial charge in [-0.25, -0.2) is 4.39 Å². The Morgan fingerprint density at radius 1 is 1.22 bits per heavy atom. The first-order chi connectivity index (χ1) is 8.61. The van der Waals surface area contributed by atoms with Crippen LogP contribution >= 0.6 is 0 Å². The maximum atomic E-state index is 13.2. The van der Waals surface area contributed by atoms with E-state index < -0.39 is 5.82 Å². The molecule has 1 heterocycles. The fourth-order valence-electron chi connectivity index (χ4n) is 1.86. The summed E-state index contributed by atoms with van der Waals surface area (Å²) in [6.45, 7) is 4.56. The lowest BCUT2D eigenvalue weighted by Crippen LogP contribution is -2.16. The molecule has 0 radical (unpaired) electrons. The Hall–Kier alpha value is -2.28. The van der Waals surface area contributed by atoms with Crippen molar-refractivity contribution in [3.63, 3.8) is 0 Å². The van der Waals surface area contributed by atoms with Crippen molar-refractivity contribution in [2.24, 2.45) is 0 Å². The second-order valence-electron chi connectivity index (χ2n) is 4.21. The molecule has 0 saturated carbocycles. The molecule has 0 spiro atoms. The van der Waals surface area contributed by atoms with Crippen LogP contribution < -0.4 is 5.43 Å². The van der Waals surface area contributed by atoms with Gasteiger partial charge in [0.2, 0.25) is 0 Å². The molecule has 18 heavy (non-hydrogen) atoms. The van der Waals surface area contributed by atoms with E-state index in [-0.39, 0.29) is 5.56 Å². The molecule has 0 bridgehead atoms. The van der Waals surface area contributed by atoms with Crippen LogP contribution in [-0.4, -0.2) is 4.68 Å². The first-order valence-electron chi connectivity index (χ1n) is 5.69. The zero-order chi connectivity index (χ0) is 13.1. The molecule has 0 aliphatic heterocycles. The molecular weight excluding hydrogens is 229 g/mol. The highest BCUT2D eigenvalue weighted by atomic mass is 19.1. The Labute approximate surface area is 105 Å². The van der Waals surface area contributed by atoms with Crippen LogP contribution in [0.4, 0.5) is 4.39 Å². The lowest BCUT2D eigenvalue weighted by atomic mass is 10.1. The minimum absolute atomic E-state index is 0.0789. The Morgan fingerprint density at radius 3 is 2.50 bits per heavy atom. The zero-order valence-corrected chi connectivity index (χ0v) is 10.4. The smallest absolute Gasteiger partial charge is 0.140 e. The predicted octanol–water partition coefficient (Wildman–Crippen LogP) is 2.86. The number of rotatable bonds is 3. The number of nitrogens with zero attached hydrogens (tertiary/aromatic N) is 2. The summed E-state index contributed by atoms with van der Waals surface area (Å²) in [7, 11) is 0. The van der Waals surface area contributed by atoms with Gasteiger partial charge in [0.1, 0.15) is 11.9 Å². The van der Waals surface area contributed by atoms with E-state index in [2.05, 4.69) is 5.43 Å². The molecule has 1 N–H and O–H groups in total. The van der Waals surface area contributed by atoms with E-state index in [0.717, 1.165) is 17.0 Å². The number of aryl methyl sites for hydroxylation is 2. The summed E-state index contributed by atoms with van der Waals surface area (Å²) < 4.78 is 15.1. The van der Waals surface area contributed by atoms with Gasteiger partial charge in [0.15, 0.2) is 0 Å². The number of aromatic nitrogens is 1. The normalized spacial score (nSPS) is 10.1. The molecule has 92 valence electrons. The molecule has 1 aromatic carbocycles. The SMILES string of the molecule is Cc1ccc(C)n1NCc1ccc(F)c(C#N)c1. The van der Waals surface area contributed by atoms with Gasteiger partial charge in [0.25, 0.3) is 0 Å². The van der Waals surface area contributed by atoms with Crippen LogP contribution in [0, 0.1) is 31.0 Å². The van der Waals surface area contributed by atoms with Crippen molar-refractivity contribution in [1.29, 1.82) is 5.26 Å². The van der Waals surface area contributed by atoms with Gasteiger partial charge in [-0.2, -0.15) is 5.26 Å². The van der Waals surface area contributed by atoms with Gasteiger partial charge >= 0.3 is 0 Å². The van der Waals surface area contributed by atoms with Gasteiger partial charge < -0.3 is 5.43 Å². The Bertz CT molecular complexity index is 588. The monoisotopic (exact) mass is 243 g/mol. The minimum atomic E-state index is -0.477. The molecule has 0 unspecified atom stereocenters. The van der Waals surface area contributed by atoms with Gasteiger partial charge in [-0.05, 0) is 43.7 Å². The van der Waals surface area contributed by atoms with E-state index in [1.54, 1.807) is 12.1 Å². The van der Waals surface area contributed by atoms with Crippen molar-refractivity contribution >= 4 is 0 Å². The first-order valence-corrected chi connectivity index (χ1v) is 5.69. The average Bonchev–Trinajstić information content (AvgIpc) is 2.68. The summed E-state index contributed by atoms with van der Waals surface area (Å²) in [5.74, 6) is -0.477. The largest absolute Gasteiger partial charge is 0.322 e. The molecule has 0 fully saturated rings. The van der Waals surface area contributed by atoms with Crippen LogP contribution in [0.25, 0.3) is 0 Å². The van der Waals surface area contributed by atoms with Crippen LogP contribution in [0.2, 0.25) is 0 Å². The molecule has 2 rings (SSSR count). The van der Waals surface area contributed by atoms with E-state index in [0.29, 0.717) is 6.54 Å². The topological polar surface area (TPSA) is 40.8 Å². The number of hydrogen-bond donors (Lipinski definition) is 1. The van der Waals surface area contributed by atoms with Crippen molar-refractivity contribution < 1.29 is 4.39 Å². The van der Waals surface area contributed by atoms with Crippen LogP contribution in [0.1, 0.15) is 22.5 Å². The summed E-state index contributed by atoms with van der Waals surface area (Å²) in [5, 5.41) is 8.77. The Balaban J connectivity index is 2.14. The second-order valence-corrected chi connectivity index (χ2v) is 4.21. The van der Waals surface area contributed by atoms with Crippen LogP contribution in [-0.2, 0) is 6.54 Å². The van der Waals surface area contributed by atoms with Crippen molar-refractivity contribution in [3.05, 3.63) is 58.7 Å². The van der Waals surface area contributed by atoms with Crippen molar-refractivity contribution in [3.8, 4) is 6.07 Å². The van der Waals surface area contributed by atoms with E-state index in [4.69, 9.17) is 5.26 Å². The van der Waals surface area contributed by atoms with Crippen LogP contribution in [0.3, 0.4) is 0 Å². The summed E-state index contributed by atoms with van der Waals surface area (Å²) in [4.78, 5) is 0. The molecule has 0 amide bonds. The highest BCUT2D eigenvalue weighted by Crippen LogP contribution is 2.11. The lowest BCUT2D eigenvalue weighted by molar-refractivity contribution is 0.623.